The zero-order valence-corrected chi connectivity index (χ0v) is 12.7. The predicted molar refractivity (Wildman–Crippen MR) is 89.3 cm³/mol. The van der Waals surface area contributed by atoms with E-state index in [1.807, 2.05) is 36.0 Å². The maximum Gasteiger partial charge on any atom is 0.169 e. The molecule has 0 unspecified atom stereocenters. The van der Waals surface area contributed by atoms with Crippen LogP contribution in [0.1, 0.15) is 25.7 Å². The van der Waals surface area contributed by atoms with Gasteiger partial charge in [-0.2, -0.15) is 11.8 Å². The van der Waals surface area contributed by atoms with Gasteiger partial charge in [-0.15, -0.1) is 0 Å². The van der Waals surface area contributed by atoms with Crippen molar-refractivity contribution in [3.8, 4) is 0 Å². The lowest BCUT2D eigenvalue weighted by Crippen LogP contribution is -2.08. The summed E-state index contributed by atoms with van der Waals surface area (Å²) in [5.41, 5.74) is 7.65. The molecule has 0 saturated heterocycles. The monoisotopic (exact) mass is 290 g/mol. The Balaban J connectivity index is 1.82. The quantitative estimate of drug-likeness (QED) is 0.728. The number of hydrogen-bond acceptors (Lipinski definition) is 5. The first-order chi connectivity index (χ1) is 9.81. The fraction of sp³-hybridized carbons (Fsp3) is 0.467. The minimum atomic E-state index is 0.478. The van der Waals surface area contributed by atoms with Gasteiger partial charge in [0.05, 0.1) is 11.0 Å². The molecule has 0 atom stereocenters. The van der Waals surface area contributed by atoms with Crippen molar-refractivity contribution in [1.29, 1.82) is 0 Å². The van der Waals surface area contributed by atoms with Crippen LogP contribution in [0.3, 0.4) is 0 Å². The average molecular weight is 290 g/mol. The molecule has 4 nitrogen and oxygen atoms in total. The topological polar surface area (TPSA) is 63.8 Å². The number of benzene rings is 1. The second-order valence-electron chi connectivity index (χ2n) is 4.78. The molecule has 3 N–H and O–H groups in total. The summed E-state index contributed by atoms with van der Waals surface area (Å²) in [7, 11) is 0. The van der Waals surface area contributed by atoms with E-state index < -0.39 is 0 Å². The van der Waals surface area contributed by atoms with Gasteiger partial charge in [-0.3, -0.25) is 0 Å². The lowest BCUT2D eigenvalue weighted by molar-refractivity contribution is 0.688. The van der Waals surface area contributed by atoms with Gasteiger partial charge in [0.25, 0.3) is 0 Å². The first-order valence-corrected chi connectivity index (χ1v) is 8.45. The fourth-order valence-corrected chi connectivity index (χ4v) is 2.57. The molecule has 2 aromatic rings. The number of hydrogen-bond donors (Lipinski definition) is 2. The molecule has 0 radical (unpaired) electrons. The first kappa shape index (κ1) is 14.9. The molecule has 0 aliphatic rings. The summed E-state index contributed by atoms with van der Waals surface area (Å²) < 4.78 is 0. The molecule has 20 heavy (non-hydrogen) atoms. The van der Waals surface area contributed by atoms with Crippen LogP contribution < -0.4 is 11.1 Å². The lowest BCUT2D eigenvalue weighted by atomic mass is 10.2. The predicted octanol–water partition coefficient (Wildman–Crippen LogP) is 3.55. The zero-order valence-electron chi connectivity index (χ0n) is 11.9. The second-order valence-corrected chi connectivity index (χ2v) is 5.77. The van der Waals surface area contributed by atoms with Gasteiger partial charge in [0.15, 0.2) is 11.6 Å². The third-order valence-corrected chi connectivity index (χ3v) is 3.86. The Labute approximate surface area is 124 Å². The number of rotatable bonds is 8. The SMILES string of the molecule is CSCCCCCCNc1nc2ccccc2nc1N. The minimum Gasteiger partial charge on any atom is -0.381 e. The van der Waals surface area contributed by atoms with E-state index in [-0.39, 0.29) is 0 Å². The van der Waals surface area contributed by atoms with E-state index in [1.54, 1.807) is 0 Å². The summed E-state index contributed by atoms with van der Waals surface area (Å²) in [5.74, 6) is 2.44. The van der Waals surface area contributed by atoms with E-state index >= 15 is 0 Å². The van der Waals surface area contributed by atoms with Crippen LogP contribution in [0.4, 0.5) is 11.6 Å². The van der Waals surface area contributed by atoms with E-state index in [0.717, 1.165) is 24.0 Å². The van der Waals surface area contributed by atoms with Crippen LogP contribution in [-0.2, 0) is 0 Å². The van der Waals surface area contributed by atoms with Gasteiger partial charge in [0, 0.05) is 6.54 Å². The number of fused-ring (bicyclic) bond motifs is 1. The van der Waals surface area contributed by atoms with Crippen molar-refractivity contribution in [2.75, 3.05) is 29.6 Å². The standard InChI is InChI=1S/C15H22N4S/c1-20-11-7-3-2-6-10-17-15-14(16)18-12-8-4-5-9-13(12)19-15/h4-5,8-9H,2-3,6-7,10-11H2,1H3,(H2,16,18)(H,17,19). The van der Waals surface area contributed by atoms with Gasteiger partial charge in [0.2, 0.25) is 0 Å². The fourth-order valence-electron chi connectivity index (χ4n) is 2.08. The maximum absolute atomic E-state index is 5.93. The molecule has 5 heteroatoms. The molecule has 1 aromatic heterocycles. The van der Waals surface area contributed by atoms with Crippen molar-refractivity contribution in [2.24, 2.45) is 0 Å². The largest absolute Gasteiger partial charge is 0.381 e. The van der Waals surface area contributed by atoms with Crippen molar-refractivity contribution in [1.82, 2.24) is 9.97 Å². The molecule has 1 aromatic carbocycles. The summed E-state index contributed by atoms with van der Waals surface area (Å²) in [4.78, 5) is 8.89. The molecule has 0 bridgehead atoms. The molecule has 0 amide bonds. The van der Waals surface area contributed by atoms with Crippen LogP contribution in [0.15, 0.2) is 24.3 Å². The van der Waals surface area contributed by atoms with Gasteiger partial charge < -0.3 is 11.1 Å². The molecule has 0 fully saturated rings. The van der Waals surface area contributed by atoms with Crippen molar-refractivity contribution >= 4 is 34.4 Å². The Morgan fingerprint density at radius 2 is 1.75 bits per heavy atom. The Hall–Kier alpha value is -1.49. The Bertz CT molecular complexity index is 544. The van der Waals surface area contributed by atoms with Crippen molar-refractivity contribution in [3.05, 3.63) is 24.3 Å². The van der Waals surface area contributed by atoms with Crippen LogP contribution in [0.25, 0.3) is 11.0 Å². The number of nitrogens with two attached hydrogens (primary N) is 1. The summed E-state index contributed by atoms with van der Waals surface area (Å²) in [6, 6.07) is 7.78. The number of nitrogen functional groups attached to an aromatic ring is 1. The molecular weight excluding hydrogens is 268 g/mol. The summed E-state index contributed by atoms with van der Waals surface area (Å²) in [6.07, 6.45) is 7.14. The number of anilines is 2. The highest BCUT2D eigenvalue weighted by Crippen LogP contribution is 2.18. The first-order valence-electron chi connectivity index (χ1n) is 7.06. The summed E-state index contributed by atoms with van der Waals surface area (Å²) in [5, 5.41) is 3.29. The third kappa shape index (κ3) is 4.27. The van der Waals surface area contributed by atoms with Crippen LogP contribution in [0, 0.1) is 0 Å². The third-order valence-electron chi connectivity index (χ3n) is 3.17. The smallest absolute Gasteiger partial charge is 0.169 e. The molecule has 0 aliphatic heterocycles. The molecular formula is C15H22N4S. The van der Waals surface area contributed by atoms with E-state index in [9.17, 15) is 0 Å². The van der Waals surface area contributed by atoms with Crippen molar-refractivity contribution < 1.29 is 0 Å². The average Bonchev–Trinajstić information content (AvgIpc) is 2.46. The highest BCUT2D eigenvalue weighted by molar-refractivity contribution is 7.98. The maximum atomic E-state index is 5.93. The van der Waals surface area contributed by atoms with E-state index in [2.05, 4.69) is 21.5 Å². The van der Waals surface area contributed by atoms with Gasteiger partial charge in [-0.05, 0) is 37.0 Å². The molecule has 2 rings (SSSR count). The van der Waals surface area contributed by atoms with Gasteiger partial charge >= 0.3 is 0 Å². The number of unbranched alkanes of at least 4 members (excludes halogenated alkanes) is 3. The zero-order chi connectivity index (χ0) is 14.2. The number of nitrogens with zero attached hydrogens (tertiary/aromatic N) is 2. The van der Waals surface area contributed by atoms with E-state index in [4.69, 9.17) is 5.73 Å². The normalized spacial score (nSPS) is 10.8. The molecule has 0 aliphatic carbocycles. The van der Waals surface area contributed by atoms with Crippen molar-refractivity contribution in [2.45, 2.75) is 25.7 Å². The summed E-state index contributed by atoms with van der Waals surface area (Å²) >= 11 is 1.91. The molecule has 108 valence electrons. The molecule has 1 heterocycles. The number of nitrogens with one attached hydrogen (secondary N) is 1. The van der Waals surface area contributed by atoms with Crippen LogP contribution in [0.5, 0.6) is 0 Å². The lowest BCUT2D eigenvalue weighted by Gasteiger charge is -2.08. The molecule has 0 saturated carbocycles. The number of thioether (sulfide) groups is 1. The number of para-hydroxylation sites is 2. The van der Waals surface area contributed by atoms with Crippen molar-refractivity contribution in [3.63, 3.8) is 0 Å². The van der Waals surface area contributed by atoms with Crippen LogP contribution >= 0.6 is 11.8 Å². The number of aromatic nitrogens is 2. The van der Waals surface area contributed by atoms with E-state index in [1.165, 1.54) is 25.0 Å². The van der Waals surface area contributed by atoms with Gasteiger partial charge in [-0.1, -0.05) is 25.0 Å². The van der Waals surface area contributed by atoms with E-state index in [0.29, 0.717) is 11.6 Å². The summed E-state index contributed by atoms with van der Waals surface area (Å²) in [6.45, 7) is 0.899. The Morgan fingerprint density at radius 3 is 2.50 bits per heavy atom. The highest BCUT2D eigenvalue weighted by Gasteiger charge is 2.04. The molecule has 0 spiro atoms. The van der Waals surface area contributed by atoms with Gasteiger partial charge in [-0.25, -0.2) is 9.97 Å². The Morgan fingerprint density at radius 1 is 1.05 bits per heavy atom. The highest BCUT2D eigenvalue weighted by atomic mass is 32.2. The van der Waals surface area contributed by atoms with Crippen LogP contribution in [-0.4, -0.2) is 28.5 Å². The van der Waals surface area contributed by atoms with Crippen LogP contribution in [0.2, 0.25) is 0 Å². The Kier molecular flexibility index (Phi) is 5.92. The second kappa shape index (κ2) is 7.94. The van der Waals surface area contributed by atoms with Gasteiger partial charge in [0.1, 0.15) is 0 Å². The minimum absolute atomic E-state index is 0.478.